The van der Waals surface area contributed by atoms with Crippen LogP contribution in [0.3, 0.4) is 0 Å². The van der Waals surface area contributed by atoms with Gasteiger partial charge in [-0.3, -0.25) is 14.5 Å². The fourth-order valence-electron chi connectivity index (χ4n) is 5.17. The molecule has 6 nitrogen and oxygen atoms in total. The number of aryl methyl sites for hydroxylation is 1. The number of amides is 2. The summed E-state index contributed by atoms with van der Waals surface area (Å²) in [6, 6.07) is 6.46. The molecule has 3 atom stereocenters. The van der Waals surface area contributed by atoms with Gasteiger partial charge in [-0.25, -0.2) is 0 Å². The molecule has 1 aliphatic carbocycles. The Morgan fingerprint density at radius 1 is 1.29 bits per heavy atom. The summed E-state index contributed by atoms with van der Waals surface area (Å²) < 4.78 is 0. The van der Waals surface area contributed by atoms with E-state index >= 15 is 0 Å². The lowest BCUT2D eigenvalue weighted by atomic mass is 9.87. The van der Waals surface area contributed by atoms with Crippen molar-refractivity contribution in [3.05, 3.63) is 29.3 Å². The Balaban J connectivity index is 1.37. The molecule has 2 heterocycles. The average Bonchev–Trinajstić information content (AvgIpc) is 3.28. The number of hydrogen-bond acceptors (Lipinski definition) is 4. The lowest BCUT2D eigenvalue weighted by Gasteiger charge is -2.29. The molecule has 1 aromatic rings. The van der Waals surface area contributed by atoms with Crippen molar-refractivity contribution in [3.63, 3.8) is 0 Å². The summed E-state index contributed by atoms with van der Waals surface area (Å²) in [6.45, 7) is 5.65. The van der Waals surface area contributed by atoms with Gasteiger partial charge in [-0.2, -0.15) is 0 Å². The number of hydrogen-bond donors (Lipinski definition) is 2. The van der Waals surface area contributed by atoms with Crippen LogP contribution < -0.4 is 11.1 Å². The number of nitrogens with zero attached hydrogens (tertiary/aromatic N) is 2. The minimum absolute atomic E-state index is 0.0179. The number of rotatable bonds is 5. The van der Waals surface area contributed by atoms with Crippen LogP contribution in [0, 0.1) is 5.92 Å². The summed E-state index contributed by atoms with van der Waals surface area (Å²) in [5.74, 6) is -0.0904. The monoisotopic (exact) mass is 384 g/mol. The number of nitrogen functional groups attached to an aromatic ring is 1. The molecule has 28 heavy (non-hydrogen) atoms. The number of likely N-dealkylation sites (tertiary alicyclic amines) is 2. The summed E-state index contributed by atoms with van der Waals surface area (Å²) in [4.78, 5) is 29.8. The van der Waals surface area contributed by atoms with E-state index in [0.717, 1.165) is 51.0 Å². The van der Waals surface area contributed by atoms with Gasteiger partial charge in [0.2, 0.25) is 11.8 Å². The van der Waals surface area contributed by atoms with E-state index in [4.69, 9.17) is 5.73 Å². The maximum atomic E-state index is 12.9. The molecule has 0 spiro atoms. The number of nitrogens with one attached hydrogen (secondary N) is 1. The van der Waals surface area contributed by atoms with Crippen LogP contribution in [-0.4, -0.2) is 53.8 Å². The standard InChI is InChI=1S/C22H32N4O2/c1-2-25-10-4-6-18(25)14-26-13-16(12-21(26)27)22(28)24-20-7-3-5-15-11-17(23)8-9-19(15)20/h8-9,11,16,18,20H,2-7,10,12-14,23H2,1H3,(H,24,28). The largest absolute Gasteiger partial charge is 0.399 e. The first-order valence-corrected chi connectivity index (χ1v) is 10.8. The predicted molar refractivity (Wildman–Crippen MR) is 110 cm³/mol. The quantitative estimate of drug-likeness (QED) is 0.762. The zero-order valence-corrected chi connectivity index (χ0v) is 16.8. The molecule has 2 fully saturated rings. The molecule has 0 saturated carbocycles. The van der Waals surface area contributed by atoms with Crippen molar-refractivity contribution < 1.29 is 9.59 Å². The lowest BCUT2D eigenvalue weighted by molar-refractivity contribution is -0.129. The minimum Gasteiger partial charge on any atom is -0.399 e. The number of carbonyl (C=O) groups is 2. The van der Waals surface area contributed by atoms with Gasteiger partial charge in [-0.1, -0.05) is 13.0 Å². The van der Waals surface area contributed by atoms with E-state index in [1.165, 1.54) is 17.5 Å². The highest BCUT2D eigenvalue weighted by Crippen LogP contribution is 2.32. The van der Waals surface area contributed by atoms with Crippen molar-refractivity contribution in [2.45, 2.75) is 57.5 Å². The number of nitrogens with two attached hydrogens (primary N) is 1. The molecule has 0 radical (unpaired) electrons. The first-order chi connectivity index (χ1) is 13.5. The Bertz CT molecular complexity index is 750. The van der Waals surface area contributed by atoms with Gasteiger partial charge in [-0.05, 0) is 68.5 Å². The van der Waals surface area contributed by atoms with E-state index in [1.54, 1.807) is 0 Å². The normalized spacial score (nSPS) is 27.8. The second kappa shape index (κ2) is 8.11. The number of carbonyl (C=O) groups excluding carboxylic acids is 2. The average molecular weight is 385 g/mol. The number of anilines is 1. The van der Waals surface area contributed by atoms with Crippen molar-refractivity contribution in [2.75, 3.05) is 31.9 Å². The van der Waals surface area contributed by atoms with Gasteiger partial charge < -0.3 is 16.0 Å². The maximum Gasteiger partial charge on any atom is 0.225 e. The fourth-order valence-corrected chi connectivity index (χ4v) is 5.17. The highest BCUT2D eigenvalue weighted by atomic mass is 16.2. The molecule has 1 aromatic carbocycles. The number of likely N-dealkylation sites (N-methyl/N-ethyl adjacent to an activating group) is 1. The topological polar surface area (TPSA) is 78.7 Å². The second-order valence-electron chi connectivity index (χ2n) is 8.54. The van der Waals surface area contributed by atoms with E-state index in [2.05, 4.69) is 17.1 Å². The van der Waals surface area contributed by atoms with E-state index in [9.17, 15) is 9.59 Å². The van der Waals surface area contributed by atoms with Crippen LogP contribution in [0.15, 0.2) is 18.2 Å². The molecule has 2 amide bonds. The molecule has 4 rings (SSSR count). The zero-order chi connectivity index (χ0) is 19.7. The number of fused-ring (bicyclic) bond motifs is 1. The Morgan fingerprint density at radius 3 is 2.96 bits per heavy atom. The summed E-state index contributed by atoms with van der Waals surface area (Å²) in [6.07, 6.45) is 5.70. The molecule has 6 heteroatoms. The molecule has 2 saturated heterocycles. The Labute approximate surface area is 167 Å². The van der Waals surface area contributed by atoms with Gasteiger partial charge in [0.25, 0.3) is 0 Å². The van der Waals surface area contributed by atoms with Gasteiger partial charge in [-0.15, -0.1) is 0 Å². The molecule has 3 unspecified atom stereocenters. The zero-order valence-electron chi connectivity index (χ0n) is 16.8. The third-order valence-electron chi connectivity index (χ3n) is 6.72. The van der Waals surface area contributed by atoms with Crippen LogP contribution in [0.2, 0.25) is 0 Å². The van der Waals surface area contributed by atoms with Gasteiger partial charge in [0.1, 0.15) is 0 Å². The van der Waals surface area contributed by atoms with Crippen LogP contribution in [0.1, 0.15) is 56.2 Å². The highest BCUT2D eigenvalue weighted by molar-refractivity contribution is 5.89. The molecule has 0 bridgehead atoms. The van der Waals surface area contributed by atoms with Crippen LogP contribution in [0.4, 0.5) is 5.69 Å². The Morgan fingerprint density at radius 2 is 2.14 bits per heavy atom. The first-order valence-electron chi connectivity index (χ1n) is 10.8. The van der Waals surface area contributed by atoms with Crippen LogP contribution in [-0.2, 0) is 16.0 Å². The molecule has 3 N–H and O–H groups in total. The number of benzene rings is 1. The van der Waals surface area contributed by atoms with Crippen molar-refractivity contribution in [2.24, 2.45) is 5.92 Å². The molecule has 152 valence electrons. The van der Waals surface area contributed by atoms with Crippen molar-refractivity contribution in [3.8, 4) is 0 Å². The maximum absolute atomic E-state index is 12.9. The third kappa shape index (κ3) is 3.88. The first kappa shape index (κ1) is 19.2. The van der Waals surface area contributed by atoms with Crippen molar-refractivity contribution in [1.29, 1.82) is 0 Å². The Kier molecular flexibility index (Phi) is 5.58. The third-order valence-corrected chi connectivity index (χ3v) is 6.72. The van der Waals surface area contributed by atoms with E-state index in [-0.39, 0.29) is 23.8 Å². The highest BCUT2D eigenvalue weighted by Gasteiger charge is 2.37. The summed E-state index contributed by atoms with van der Waals surface area (Å²) in [5.41, 5.74) is 9.10. The summed E-state index contributed by atoms with van der Waals surface area (Å²) >= 11 is 0. The molecule has 3 aliphatic rings. The Hall–Kier alpha value is -2.08. The molecule has 2 aliphatic heterocycles. The molecule has 0 aromatic heterocycles. The lowest BCUT2D eigenvalue weighted by Crippen LogP contribution is -2.42. The van der Waals surface area contributed by atoms with E-state index < -0.39 is 0 Å². The van der Waals surface area contributed by atoms with Gasteiger partial charge in [0.15, 0.2) is 0 Å². The van der Waals surface area contributed by atoms with Crippen molar-refractivity contribution in [1.82, 2.24) is 15.1 Å². The summed E-state index contributed by atoms with van der Waals surface area (Å²) in [7, 11) is 0. The van der Waals surface area contributed by atoms with E-state index in [0.29, 0.717) is 19.0 Å². The van der Waals surface area contributed by atoms with Crippen LogP contribution in [0.5, 0.6) is 0 Å². The summed E-state index contributed by atoms with van der Waals surface area (Å²) in [5, 5.41) is 3.22. The van der Waals surface area contributed by atoms with Crippen LogP contribution in [0.25, 0.3) is 0 Å². The smallest absolute Gasteiger partial charge is 0.225 e. The van der Waals surface area contributed by atoms with Gasteiger partial charge >= 0.3 is 0 Å². The minimum atomic E-state index is -0.233. The second-order valence-corrected chi connectivity index (χ2v) is 8.54. The SMILES string of the molecule is CCN1CCCC1CN1CC(C(=O)NC2CCCc3cc(N)ccc32)CC1=O. The fraction of sp³-hybridized carbons (Fsp3) is 0.636. The van der Waals surface area contributed by atoms with E-state index in [1.807, 2.05) is 23.1 Å². The molecular weight excluding hydrogens is 352 g/mol. The van der Waals surface area contributed by atoms with Crippen LogP contribution >= 0.6 is 0 Å². The van der Waals surface area contributed by atoms with Gasteiger partial charge in [0.05, 0.1) is 12.0 Å². The van der Waals surface area contributed by atoms with Gasteiger partial charge in [0, 0.05) is 31.2 Å². The van der Waals surface area contributed by atoms with Crippen molar-refractivity contribution >= 4 is 17.5 Å². The molecular formula is C22H32N4O2. The predicted octanol–water partition coefficient (Wildman–Crippen LogP) is 2.10.